The van der Waals surface area contributed by atoms with E-state index in [2.05, 4.69) is 9.98 Å². The fourth-order valence-electron chi connectivity index (χ4n) is 2.32. The zero-order valence-corrected chi connectivity index (χ0v) is 13.2. The quantitative estimate of drug-likeness (QED) is 0.624. The number of ketones is 1. The summed E-state index contributed by atoms with van der Waals surface area (Å²) in [5, 5.41) is 2.75. The molecule has 6 nitrogen and oxygen atoms in total. The number of nitrogens with zero attached hydrogens (tertiary/aromatic N) is 3. The maximum Gasteiger partial charge on any atom is 0.343 e. The van der Waals surface area contributed by atoms with Gasteiger partial charge in [0.05, 0.1) is 12.5 Å². The van der Waals surface area contributed by atoms with Crippen LogP contribution in [0.25, 0.3) is 0 Å². The minimum absolute atomic E-state index is 0.00354. The van der Waals surface area contributed by atoms with E-state index in [0.29, 0.717) is 10.3 Å². The number of carbonyl (C=O) groups is 2. The minimum Gasteiger partial charge on any atom is -0.462 e. The molecule has 114 valence electrons. The van der Waals surface area contributed by atoms with Crippen LogP contribution in [0.1, 0.15) is 6.92 Å². The van der Waals surface area contributed by atoms with Crippen LogP contribution in [-0.4, -0.2) is 34.7 Å². The van der Waals surface area contributed by atoms with Gasteiger partial charge in [0.1, 0.15) is 16.9 Å². The number of Topliss-reactive ketones (excluding diaryl/α,β-unsaturated/α-hetero) is 1. The molecule has 1 aromatic rings. The summed E-state index contributed by atoms with van der Waals surface area (Å²) in [6.45, 7) is 1.90. The lowest BCUT2D eigenvalue weighted by molar-refractivity contribution is -0.140. The van der Waals surface area contributed by atoms with Crippen molar-refractivity contribution in [2.75, 3.05) is 11.5 Å². The maximum absolute atomic E-state index is 12.5. The molecule has 0 fully saturated rings. The molecule has 0 saturated heterocycles. The van der Waals surface area contributed by atoms with Crippen LogP contribution in [0, 0.1) is 5.92 Å². The lowest BCUT2D eigenvalue weighted by Crippen LogP contribution is -2.46. The molecule has 1 aromatic heterocycles. The molecule has 8 heteroatoms. The molecule has 0 bridgehead atoms. The van der Waals surface area contributed by atoms with E-state index in [1.807, 2.05) is 5.38 Å². The lowest BCUT2D eigenvalue weighted by atomic mass is 9.89. The fraction of sp³-hybridized carbons (Fsp3) is 0.286. The van der Waals surface area contributed by atoms with Gasteiger partial charge in [-0.25, -0.2) is 14.8 Å². The largest absolute Gasteiger partial charge is 0.462 e. The summed E-state index contributed by atoms with van der Waals surface area (Å²) in [5.41, 5.74) is -0.00354. The molecule has 2 atom stereocenters. The Morgan fingerprint density at radius 3 is 3.05 bits per heavy atom. The zero-order chi connectivity index (χ0) is 15.7. The second-order valence-corrected chi connectivity index (χ2v) is 5.86. The predicted molar refractivity (Wildman–Crippen MR) is 84.0 cm³/mol. The van der Waals surface area contributed by atoms with Crippen LogP contribution in [0.2, 0.25) is 0 Å². The number of hydrogen-bond donors (Lipinski definition) is 0. The normalized spacial score (nSPS) is 23.7. The Bertz CT molecular complexity index is 696. The van der Waals surface area contributed by atoms with E-state index >= 15 is 0 Å². The van der Waals surface area contributed by atoms with Gasteiger partial charge in [-0.2, -0.15) is 0 Å². The average molecular weight is 338 g/mol. The molecular weight excluding hydrogens is 326 g/mol. The Morgan fingerprint density at radius 1 is 1.55 bits per heavy atom. The second kappa shape index (κ2) is 6.02. The summed E-state index contributed by atoms with van der Waals surface area (Å²) >= 11 is 7.34. The molecular formula is C14H12ClN3O3S. The molecule has 0 N–H and O–H groups in total. The number of rotatable bonds is 3. The lowest BCUT2D eigenvalue weighted by Gasteiger charge is -2.35. The van der Waals surface area contributed by atoms with Gasteiger partial charge in [-0.15, -0.1) is 11.3 Å². The van der Waals surface area contributed by atoms with E-state index in [1.54, 1.807) is 30.2 Å². The number of ether oxygens (including phenoxy) is 1. The van der Waals surface area contributed by atoms with Crippen LogP contribution in [0.3, 0.4) is 0 Å². The number of fused-ring (bicyclic) bond motifs is 1. The first-order valence-corrected chi connectivity index (χ1v) is 7.90. The first-order valence-electron chi connectivity index (χ1n) is 6.64. The molecule has 0 radical (unpaired) electrons. The molecule has 3 rings (SSSR count). The number of carbonyl (C=O) groups excluding carboxylic acids is 2. The highest BCUT2D eigenvalue weighted by atomic mass is 35.5. The summed E-state index contributed by atoms with van der Waals surface area (Å²) in [5.74, 6) is -1.54. The van der Waals surface area contributed by atoms with Crippen molar-refractivity contribution < 1.29 is 14.3 Å². The Hall–Kier alpha value is -1.99. The Kier molecular flexibility index (Phi) is 4.08. The standard InChI is InChI=1S/C14H12ClN3O3S/c1-2-21-13(20)9-7-18(14-16-5-6-22-14)12-8(11(9)19)3-4-10(15)17-12/h3-8,12H,2H2,1H3. The molecule has 2 unspecified atom stereocenters. The van der Waals surface area contributed by atoms with Gasteiger partial charge >= 0.3 is 5.97 Å². The highest BCUT2D eigenvalue weighted by Crippen LogP contribution is 2.34. The fourth-order valence-corrected chi connectivity index (χ4v) is 3.14. The first kappa shape index (κ1) is 14.9. The molecule has 3 heterocycles. The van der Waals surface area contributed by atoms with Gasteiger partial charge in [-0.3, -0.25) is 9.69 Å². The third kappa shape index (κ3) is 2.57. The van der Waals surface area contributed by atoms with Gasteiger partial charge in [0, 0.05) is 17.8 Å². The van der Waals surface area contributed by atoms with Crippen molar-refractivity contribution in [1.29, 1.82) is 0 Å². The van der Waals surface area contributed by atoms with Crippen molar-refractivity contribution in [2.24, 2.45) is 10.9 Å². The van der Waals surface area contributed by atoms with Crippen molar-refractivity contribution in [3.8, 4) is 0 Å². The van der Waals surface area contributed by atoms with Gasteiger partial charge in [0.2, 0.25) is 0 Å². The van der Waals surface area contributed by atoms with Crippen molar-refractivity contribution in [1.82, 2.24) is 4.98 Å². The number of dihydropyridines is 1. The number of allylic oxidation sites excluding steroid dienone is 1. The number of anilines is 1. The molecule has 2 aliphatic heterocycles. The summed E-state index contributed by atoms with van der Waals surface area (Å²) < 4.78 is 4.96. The maximum atomic E-state index is 12.5. The number of aliphatic imine (C=N–C) groups is 1. The van der Waals surface area contributed by atoms with Crippen LogP contribution < -0.4 is 4.90 Å². The van der Waals surface area contributed by atoms with E-state index in [0.717, 1.165) is 0 Å². The van der Waals surface area contributed by atoms with E-state index in [9.17, 15) is 9.59 Å². The Morgan fingerprint density at radius 2 is 2.36 bits per heavy atom. The summed E-state index contributed by atoms with van der Waals surface area (Å²) in [6, 6.07) is 0. The third-order valence-electron chi connectivity index (χ3n) is 3.27. The zero-order valence-electron chi connectivity index (χ0n) is 11.6. The van der Waals surface area contributed by atoms with Crippen molar-refractivity contribution in [2.45, 2.75) is 13.1 Å². The first-order chi connectivity index (χ1) is 10.6. The topological polar surface area (TPSA) is 71.9 Å². The molecule has 0 aliphatic carbocycles. The van der Waals surface area contributed by atoms with Crippen LogP contribution in [0.4, 0.5) is 5.13 Å². The van der Waals surface area contributed by atoms with Crippen LogP contribution in [-0.2, 0) is 14.3 Å². The Labute approximate surface area is 135 Å². The predicted octanol–water partition coefficient (Wildman–Crippen LogP) is 2.13. The van der Waals surface area contributed by atoms with Crippen molar-refractivity contribution in [3.63, 3.8) is 0 Å². The minimum atomic E-state index is -0.637. The van der Waals surface area contributed by atoms with Gasteiger partial charge in [-0.1, -0.05) is 17.7 Å². The molecule has 0 saturated carbocycles. The number of esters is 1. The SMILES string of the molecule is CCOC(=O)C1=CN(c2nccs2)C2N=C(Cl)C=CC2C1=O. The van der Waals surface area contributed by atoms with Gasteiger partial charge in [-0.05, 0) is 13.0 Å². The van der Waals surface area contributed by atoms with Gasteiger partial charge < -0.3 is 4.74 Å². The number of aromatic nitrogens is 1. The average Bonchev–Trinajstić information content (AvgIpc) is 3.01. The van der Waals surface area contributed by atoms with E-state index < -0.39 is 18.1 Å². The number of thiazole rings is 1. The monoisotopic (exact) mass is 337 g/mol. The van der Waals surface area contributed by atoms with Gasteiger partial charge in [0.25, 0.3) is 0 Å². The van der Waals surface area contributed by atoms with E-state index in [4.69, 9.17) is 16.3 Å². The molecule has 22 heavy (non-hydrogen) atoms. The van der Waals surface area contributed by atoms with E-state index in [-0.39, 0.29) is 18.0 Å². The number of halogens is 1. The smallest absolute Gasteiger partial charge is 0.343 e. The number of hydrogen-bond acceptors (Lipinski definition) is 7. The van der Waals surface area contributed by atoms with E-state index in [1.165, 1.54) is 17.5 Å². The third-order valence-corrected chi connectivity index (χ3v) is 4.28. The molecule has 0 spiro atoms. The highest BCUT2D eigenvalue weighted by molar-refractivity contribution is 7.13. The van der Waals surface area contributed by atoms with Crippen molar-refractivity contribution >= 4 is 45.0 Å². The van der Waals surface area contributed by atoms with Crippen molar-refractivity contribution in [3.05, 3.63) is 35.5 Å². The molecule has 0 aromatic carbocycles. The van der Waals surface area contributed by atoms with Crippen LogP contribution in [0.15, 0.2) is 40.5 Å². The second-order valence-electron chi connectivity index (χ2n) is 4.60. The summed E-state index contributed by atoms with van der Waals surface area (Å²) in [6.07, 6.45) is 5.79. The van der Waals surface area contributed by atoms with Crippen LogP contribution >= 0.6 is 22.9 Å². The van der Waals surface area contributed by atoms with Crippen LogP contribution in [0.5, 0.6) is 0 Å². The molecule has 0 amide bonds. The Balaban J connectivity index is 2.06. The summed E-state index contributed by atoms with van der Waals surface area (Å²) in [4.78, 5) is 34.8. The summed E-state index contributed by atoms with van der Waals surface area (Å²) in [7, 11) is 0. The highest BCUT2D eigenvalue weighted by Gasteiger charge is 2.41. The van der Waals surface area contributed by atoms with Gasteiger partial charge in [0.15, 0.2) is 10.9 Å². The molecule has 2 aliphatic rings.